The van der Waals surface area contributed by atoms with E-state index >= 15 is 0 Å². The Morgan fingerprint density at radius 1 is 1.03 bits per heavy atom. The molecule has 152 valence electrons. The van der Waals surface area contributed by atoms with Crippen molar-refractivity contribution in [1.29, 1.82) is 0 Å². The third-order valence-corrected chi connectivity index (χ3v) is 5.53. The average molecular weight is 412 g/mol. The lowest BCUT2D eigenvalue weighted by molar-refractivity contribution is 0.313. The minimum absolute atomic E-state index is 0.548. The summed E-state index contributed by atoms with van der Waals surface area (Å²) in [4.78, 5) is 13.7. The molecule has 29 heavy (non-hydrogen) atoms. The number of piperazine rings is 1. The van der Waals surface area contributed by atoms with Crippen LogP contribution in [-0.4, -0.2) is 48.1 Å². The van der Waals surface area contributed by atoms with Gasteiger partial charge in [-0.2, -0.15) is 0 Å². The summed E-state index contributed by atoms with van der Waals surface area (Å²) in [6, 6.07) is 12.4. The van der Waals surface area contributed by atoms with Crippen molar-refractivity contribution in [3.05, 3.63) is 64.8 Å². The van der Waals surface area contributed by atoms with Crippen LogP contribution in [0.1, 0.15) is 17.2 Å². The molecule has 0 atom stereocenters. The maximum atomic E-state index is 6.30. The van der Waals surface area contributed by atoms with E-state index in [1.807, 2.05) is 19.1 Å². The highest BCUT2D eigenvalue weighted by Gasteiger charge is 2.14. The van der Waals surface area contributed by atoms with Gasteiger partial charge in [-0.15, -0.1) is 0 Å². The van der Waals surface area contributed by atoms with Crippen LogP contribution in [0.3, 0.4) is 0 Å². The molecule has 7 heteroatoms. The summed E-state index contributed by atoms with van der Waals surface area (Å²) in [6.45, 7) is 6.25. The number of nitrogens with zero attached hydrogens (tertiary/aromatic N) is 4. The number of anilines is 3. The molecular formula is C22H26ClN5O. The minimum atomic E-state index is 0.548. The Hall–Kier alpha value is -2.57. The molecule has 3 aromatic rings. The molecule has 1 N–H and O–H groups in total. The van der Waals surface area contributed by atoms with Gasteiger partial charge in [0, 0.05) is 44.0 Å². The highest BCUT2D eigenvalue weighted by molar-refractivity contribution is 6.31. The summed E-state index contributed by atoms with van der Waals surface area (Å²) in [7, 11) is 2.17. The van der Waals surface area contributed by atoms with Crippen LogP contribution in [0.5, 0.6) is 0 Å². The maximum Gasteiger partial charge on any atom is 0.227 e. The average Bonchev–Trinajstić information content (AvgIpc) is 3.15. The maximum absolute atomic E-state index is 6.30. The van der Waals surface area contributed by atoms with E-state index in [9.17, 15) is 0 Å². The Bertz CT molecular complexity index is 948. The predicted molar refractivity (Wildman–Crippen MR) is 117 cm³/mol. The molecule has 2 aromatic heterocycles. The summed E-state index contributed by atoms with van der Waals surface area (Å²) < 4.78 is 5.63. The lowest BCUT2D eigenvalue weighted by atomic mass is 10.2. The van der Waals surface area contributed by atoms with Crippen molar-refractivity contribution in [2.75, 3.05) is 43.4 Å². The van der Waals surface area contributed by atoms with Crippen LogP contribution in [0.4, 0.5) is 17.3 Å². The van der Waals surface area contributed by atoms with Crippen molar-refractivity contribution in [3.63, 3.8) is 0 Å². The van der Waals surface area contributed by atoms with Crippen LogP contribution in [0.25, 0.3) is 0 Å². The summed E-state index contributed by atoms with van der Waals surface area (Å²) in [5.74, 6) is 2.40. The number of nitrogens with one attached hydrogen (secondary N) is 1. The van der Waals surface area contributed by atoms with Gasteiger partial charge in [0.1, 0.15) is 11.5 Å². The van der Waals surface area contributed by atoms with Gasteiger partial charge in [0.2, 0.25) is 5.95 Å². The van der Waals surface area contributed by atoms with E-state index in [1.165, 1.54) is 5.69 Å². The van der Waals surface area contributed by atoms with E-state index < -0.39 is 0 Å². The van der Waals surface area contributed by atoms with Crippen LogP contribution < -0.4 is 10.2 Å². The first-order chi connectivity index (χ1) is 14.1. The topological polar surface area (TPSA) is 57.4 Å². The zero-order valence-electron chi connectivity index (χ0n) is 16.9. The van der Waals surface area contributed by atoms with Gasteiger partial charge >= 0.3 is 0 Å². The molecule has 0 spiro atoms. The highest BCUT2D eigenvalue weighted by atomic mass is 35.5. The van der Waals surface area contributed by atoms with Crippen molar-refractivity contribution in [2.45, 2.75) is 19.8 Å². The SMILES string of the molecule is Cc1ccc(CCc2nc(Nc3ccc(N4CCN(C)CC4)cc3)ncc2Cl)o1. The van der Waals surface area contributed by atoms with Crippen molar-refractivity contribution in [2.24, 2.45) is 0 Å². The third-order valence-electron chi connectivity index (χ3n) is 5.21. The van der Waals surface area contributed by atoms with Gasteiger partial charge in [-0.1, -0.05) is 11.6 Å². The summed E-state index contributed by atoms with van der Waals surface area (Å²) >= 11 is 6.30. The number of aryl methyl sites for hydroxylation is 3. The van der Waals surface area contributed by atoms with Gasteiger partial charge in [0.05, 0.1) is 16.9 Å². The van der Waals surface area contributed by atoms with Crippen LogP contribution in [-0.2, 0) is 12.8 Å². The second-order valence-electron chi connectivity index (χ2n) is 7.46. The number of hydrogen-bond donors (Lipinski definition) is 1. The third kappa shape index (κ3) is 5.08. The Balaban J connectivity index is 1.39. The number of likely N-dealkylation sites (N-methyl/N-ethyl adjacent to an activating group) is 1. The number of rotatable bonds is 6. The second kappa shape index (κ2) is 8.84. The zero-order valence-corrected chi connectivity index (χ0v) is 17.6. The summed E-state index contributed by atoms with van der Waals surface area (Å²) in [6.07, 6.45) is 3.10. The quantitative estimate of drug-likeness (QED) is 0.652. The van der Waals surface area contributed by atoms with Gasteiger partial charge in [-0.3, -0.25) is 0 Å². The first-order valence-corrected chi connectivity index (χ1v) is 10.3. The Labute approximate surface area is 176 Å². The Morgan fingerprint density at radius 3 is 2.48 bits per heavy atom. The van der Waals surface area contributed by atoms with Gasteiger partial charge in [0.25, 0.3) is 0 Å². The monoisotopic (exact) mass is 411 g/mol. The normalized spacial score (nSPS) is 14.9. The summed E-state index contributed by atoms with van der Waals surface area (Å²) in [5.41, 5.74) is 3.01. The number of aromatic nitrogens is 2. The van der Waals surface area contributed by atoms with Crippen LogP contribution in [0.15, 0.2) is 47.0 Å². The molecule has 0 amide bonds. The Kier molecular flexibility index (Phi) is 6.02. The molecule has 1 aromatic carbocycles. The van der Waals surface area contributed by atoms with E-state index in [2.05, 4.69) is 56.4 Å². The fourth-order valence-corrected chi connectivity index (χ4v) is 3.63. The standard InChI is InChI=1S/C22H26ClN5O/c1-16-3-8-19(29-16)9-10-21-20(23)15-24-22(26-21)25-17-4-6-18(7-5-17)28-13-11-27(2)12-14-28/h3-8,15H,9-14H2,1-2H3,(H,24,25,26). The molecule has 6 nitrogen and oxygen atoms in total. The fraction of sp³-hybridized carbons (Fsp3) is 0.364. The Morgan fingerprint density at radius 2 is 1.79 bits per heavy atom. The van der Waals surface area contributed by atoms with E-state index in [1.54, 1.807) is 6.20 Å². The van der Waals surface area contributed by atoms with E-state index in [0.29, 0.717) is 17.4 Å². The van der Waals surface area contributed by atoms with Crippen LogP contribution >= 0.6 is 11.6 Å². The lowest BCUT2D eigenvalue weighted by Gasteiger charge is -2.34. The minimum Gasteiger partial charge on any atom is -0.466 e. The molecule has 1 aliphatic rings. The molecule has 1 aliphatic heterocycles. The fourth-order valence-electron chi connectivity index (χ4n) is 3.45. The van der Waals surface area contributed by atoms with Gasteiger partial charge in [-0.05, 0) is 56.8 Å². The molecule has 1 saturated heterocycles. The first-order valence-electron chi connectivity index (χ1n) is 9.94. The number of furan rings is 1. The van der Waals surface area contributed by atoms with E-state index in [-0.39, 0.29) is 0 Å². The van der Waals surface area contributed by atoms with Crippen molar-refractivity contribution in [3.8, 4) is 0 Å². The van der Waals surface area contributed by atoms with E-state index in [0.717, 1.165) is 55.5 Å². The van der Waals surface area contributed by atoms with E-state index in [4.69, 9.17) is 16.0 Å². The first kappa shape index (κ1) is 19.7. The predicted octanol–water partition coefficient (Wildman–Crippen LogP) is 4.31. The van der Waals surface area contributed by atoms with Crippen LogP contribution in [0, 0.1) is 6.92 Å². The molecule has 0 aliphatic carbocycles. The zero-order chi connectivity index (χ0) is 20.2. The highest BCUT2D eigenvalue weighted by Crippen LogP contribution is 2.23. The van der Waals surface area contributed by atoms with Gasteiger partial charge < -0.3 is 19.5 Å². The van der Waals surface area contributed by atoms with Gasteiger partial charge in [-0.25, -0.2) is 9.97 Å². The second-order valence-corrected chi connectivity index (χ2v) is 7.87. The lowest BCUT2D eigenvalue weighted by Crippen LogP contribution is -2.44. The molecule has 0 unspecified atom stereocenters. The molecule has 3 heterocycles. The molecule has 0 saturated carbocycles. The van der Waals surface area contributed by atoms with Crippen molar-refractivity contribution < 1.29 is 4.42 Å². The number of hydrogen-bond acceptors (Lipinski definition) is 6. The number of halogens is 1. The smallest absolute Gasteiger partial charge is 0.227 e. The molecule has 1 fully saturated rings. The molecular weight excluding hydrogens is 386 g/mol. The summed E-state index contributed by atoms with van der Waals surface area (Å²) in [5, 5.41) is 3.85. The molecule has 0 radical (unpaired) electrons. The molecule has 0 bridgehead atoms. The van der Waals surface area contributed by atoms with Gasteiger partial charge in [0.15, 0.2) is 0 Å². The molecule has 4 rings (SSSR count). The van der Waals surface area contributed by atoms with Crippen molar-refractivity contribution >= 4 is 28.9 Å². The number of benzene rings is 1. The van der Waals surface area contributed by atoms with Crippen molar-refractivity contribution in [1.82, 2.24) is 14.9 Å². The van der Waals surface area contributed by atoms with Crippen LogP contribution in [0.2, 0.25) is 5.02 Å². The largest absolute Gasteiger partial charge is 0.466 e.